The van der Waals surface area contributed by atoms with Crippen molar-refractivity contribution in [1.82, 2.24) is 5.32 Å². The van der Waals surface area contributed by atoms with E-state index in [1.165, 1.54) is 23.8 Å². The lowest BCUT2D eigenvalue weighted by Crippen LogP contribution is -2.23. The molecule has 0 saturated carbocycles. The van der Waals surface area contributed by atoms with E-state index < -0.39 is 0 Å². The number of hydrogen-bond donors (Lipinski definition) is 1. The van der Waals surface area contributed by atoms with Gasteiger partial charge in [0.2, 0.25) is 0 Å². The van der Waals surface area contributed by atoms with Crippen LogP contribution in [0.2, 0.25) is 0 Å². The summed E-state index contributed by atoms with van der Waals surface area (Å²) in [5.41, 5.74) is 1.30. The highest BCUT2D eigenvalue weighted by atomic mass is 16.5. The Balaban J connectivity index is 2.01. The van der Waals surface area contributed by atoms with Crippen LogP contribution in [0, 0.1) is 0 Å². The molecule has 0 radical (unpaired) electrons. The molecular weight excluding hydrogens is 354 g/mol. The monoisotopic (exact) mass is 381 g/mol. The van der Waals surface area contributed by atoms with Gasteiger partial charge in [-0.1, -0.05) is 6.07 Å². The molecule has 3 aromatic rings. The first kappa shape index (κ1) is 18.7. The Kier molecular flexibility index (Phi) is 5.18. The zero-order chi connectivity index (χ0) is 19.7. The Labute approximate surface area is 165 Å². The third kappa shape index (κ3) is 3.20. The largest absolute Gasteiger partial charge is 0.493 e. The fourth-order valence-electron chi connectivity index (χ4n) is 4.25. The van der Waals surface area contributed by atoms with E-state index in [0.717, 1.165) is 52.1 Å². The molecule has 0 amide bonds. The lowest BCUT2D eigenvalue weighted by molar-refractivity contribution is 0.355. The van der Waals surface area contributed by atoms with Gasteiger partial charge in [0.15, 0.2) is 23.0 Å². The van der Waals surface area contributed by atoms with Crippen molar-refractivity contribution >= 4 is 21.5 Å². The van der Waals surface area contributed by atoms with Crippen LogP contribution in [-0.2, 0) is 6.42 Å². The fraction of sp³-hybridized carbons (Fsp3) is 0.391. The smallest absolute Gasteiger partial charge is 0.161 e. The second-order valence-corrected chi connectivity index (χ2v) is 7.21. The molecule has 5 heteroatoms. The molecule has 1 unspecified atom stereocenters. The fourth-order valence-corrected chi connectivity index (χ4v) is 4.25. The van der Waals surface area contributed by atoms with Crippen LogP contribution in [0.3, 0.4) is 0 Å². The Morgan fingerprint density at radius 1 is 0.750 bits per heavy atom. The minimum Gasteiger partial charge on any atom is -0.493 e. The van der Waals surface area contributed by atoms with Crippen molar-refractivity contribution in [2.75, 3.05) is 35.0 Å². The summed E-state index contributed by atoms with van der Waals surface area (Å²) < 4.78 is 22.2. The number of rotatable bonds is 6. The molecule has 28 heavy (non-hydrogen) atoms. The highest BCUT2D eigenvalue weighted by Gasteiger charge is 2.19. The van der Waals surface area contributed by atoms with E-state index in [4.69, 9.17) is 18.9 Å². The number of hydrogen-bond acceptors (Lipinski definition) is 5. The van der Waals surface area contributed by atoms with Crippen LogP contribution in [0.5, 0.6) is 23.0 Å². The van der Waals surface area contributed by atoms with E-state index in [1.807, 2.05) is 6.07 Å². The van der Waals surface area contributed by atoms with Crippen LogP contribution in [0.25, 0.3) is 21.5 Å². The molecule has 0 spiro atoms. The number of ether oxygens (including phenoxy) is 4. The first-order chi connectivity index (χ1) is 13.7. The molecule has 1 heterocycles. The molecule has 1 fully saturated rings. The zero-order valence-corrected chi connectivity index (χ0v) is 16.9. The average molecular weight is 381 g/mol. The van der Waals surface area contributed by atoms with Gasteiger partial charge in [-0.05, 0) is 77.2 Å². The summed E-state index contributed by atoms with van der Waals surface area (Å²) in [5.74, 6) is 2.92. The predicted octanol–water partition coefficient (Wildman–Crippen LogP) is 4.32. The van der Waals surface area contributed by atoms with E-state index in [0.29, 0.717) is 6.04 Å². The summed E-state index contributed by atoms with van der Waals surface area (Å²) in [6.07, 6.45) is 3.42. The average Bonchev–Trinajstić information content (AvgIpc) is 3.24. The summed E-state index contributed by atoms with van der Waals surface area (Å²) in [6, 6.07) is 11.0. The number of benzene rings is 3. The lowest BCUT2D eigenvalue weighted by Gasteiger charge is -2.18. The summed E-state index contributed by atoms with van der Waals surface area (Å²) >= 11 is 0. The van der Waals surface area contributed by atoms with Crippen molar-refractivity contribution in [3.63, 3.8) is 0 Å². The summed E-state index contributed by atoms with van der Waals surface area (Å²) in [4.78, 5) is 0. The molecule has 0 aromatic heterocycles. The van der Waals surface area contributed by atoms with E-state index in [9.17, 15) is 0 Å². The van der Waals surface area contributed by atoms with Gasteiger partial charge in [0, 0.05) is 6.04 Å². The minimum atomic E-state index is 0.508. The van der Waals surface area contributed by atoms with E-state index in [1.54, 1.807) is 28.4 Å². The molecule has 0 aliphatic carbocycles. The second kappa shape index (κ2) is 7.76. The molecule has 148 valence electrons. The summed E-state index contributed by atoms with van der Waals surface area (Å²) in [7, 11) is 6.68. The zero-order valence-electron chi connectivity index (χ0n) is 16.9. The van der Waals surface area contributed by atoms with Crippen LogP contribution < -0.4 is 24.3 Å². The maximum atomic E-state index is 5.58. The molecule has 4 rings (SSSR count). The van der Waals surface area contributed by atoms with Gasteiger partial charge in [0.1, 0.15) is 0 Å². The molecule has 5 nitrogen and oxygen atoms in total. The SMILES string of the molecule is COc1cc2cc(CC3CCCN3)c3cc(OC)c(OC)cc3c2cc1OC. The Hall–Kier alpha value is -2.66. The Bertz CT molecular complexity index is 1010. The molecule has 1 saturated heterocycles. The van der Waals surface area contributed by atoms with Gasteiger partial charge in [-0.3, -0.25) is 0 Å². The van der Waals surface area contributed by atoms with Crippen LogP contribution in [0.15, 0.2) is 30.3 Å². The minimum absolute atomic E-state index is 0.508. The van der Waals surface area contributed by atoms with Crippen molar-refractivity contribution < 1.29 is 18.9 Å². The molecule has 3 aromatic carbocycles. The van der Waals surface area contributed by atoms with Gasteiger partial charge >= 0.3 is 0 Å². The normalized spacial score (nSPS) is 16.5. The van der Waals surface area contributed by atoms with Crippen molar-refractivity contribution in [2.45, 2.75) is 25.3 Å². The number of fused-ring (bicyclic) bond motifs is 3. The molecule has 1 aliphatic rings. The topological polar surface area (TPSA) is 49.0 Å². The van der Waals surface area contributed by atoms with Crippen LogP contribution in [-0.4, -0.2) is 41.0 Å². The lowest BCUT2D eigenvalue weighted by atomic mass is 9.92. The predicted molar refractivity (Wildman–Crippen MR) is 112 cm³/mol. The first-order valence-electron chi connectivity index (χ1n) is 9.65. The van der Waals surface area contributed by atoms with Crippen LogP contribution in [0.1, 0.15) is 18.4 Å². The van der Waals surface area contributed by atoms with E-state index in [-0.39, 0.29) is 0 Å². The molecule has 1 aliphatic heterocycles. The summed E-state index contributed by atoms with van der Waals surface area (Å²) in [6.45, 7) is 1.10. The number of methoxy groups -OCH3 is 4. The summed E-state index contributed by atoms with van der Waals surface area (Å²) in [5, 5.41) is 8.16. The van der Waals surface area contributed by atoms with Gasteiger partial charge in [-0.15, -0.1) is 0 Å². The Morgan fingerprint density at radius 2 is 1.32 bits per heavy atom. The standard InChI is InChI=1S/C23H27NO4/c1-25-20-10-15-8-14(9-16-6-5-7-24-16)17-11-22(27-3)23(28-4)13-19(17)18(15)12-21(20)26-2/h8,10-13,16,24H,5-7,9H2,1-4H3. The van der Waals surface area contributed by atoms with Gasteiger partial charge < -0.3 is 24.3 Å². The highest BCUT2D eigenvalue weighted by Crippen LogP contribution is 2.41. The second-order valence-electron chi connectivity index (χ2n) is 7.21. The van der Waals surface area contributed by atoms with Crippen LogP contribution >= 0.6 is 0 Å². The van der Waals surface area contributed by atoms with Gasteiger partial charge in [0.05, 0.1) is 28.4 Å². The van der Waals surface area contributed by atoms with Gasteiger partial charge in [-0.25, -0.2) is 0 Å². The maximum absolute atomic E-state index is 5.58. The van der Waals surface area contributed by atoms with E-state index >= 15 is 0 Å². The highest BCUT2D eigenvalue weighted by molar-refractivity contribution is 6.11. The third-order valence-corrected chi connectivity index (χ3v) is 5.67. The van der Waals surface area contributed by atoms with Crippen LogP contribution in [0.4, 0.5) is 0 Å². The van der Waals surface area contributed by atoms with Gasteiger partial charge in [0.25, 0.3) is 0 Å². The maximum Gasteiger partial charge on any atom is 0.161 e. The van der Waals surface area contributed by atoms with E-state index in [2.05, 4.69) is 29.6 Å². The quantitative estimate of drug-likeness (QED) is 0.645. The van der Waals surface area contributed by atoms with Crippen molar-refractivity contribution in [3.05, 3.63) is 35.9 Å². The first-order valence-corrected chi connectivity index (χ1v) is 9.65. The molecule has 1 N–H and O–H groups in total. The molecule has 1 atom stereocenters. The molecular formula is C23H27NO4. The van der Waals surface area contributed by atoms with Gasteiger partial charge in [-0.2, -0.15) is 0 Å². The van der Waals surface area contributed by atoms with Crippen molar-refractivity contribution in [3.8, 4) is 23.0 Å². The molecule has 0 bridgehead atoms. The van der Waals surface area contributed by atoms with Crippen molar-refractivity contribution in [1.29, 1.82) is 0 Å². The number of nitrogens with one attached hydrogen (secondary N) is 1. The Morgan fingerprint density at radius 3 is 1.89 bits per heavy atom. The van der Waals surface area contributed by atoms with Crippen molar-refractivity contribution in [2.24, 2.45) is 0 Å². The third-order valence-electron chi connectivity index (χ3n) is 5.67.